The number of β-amino-alcohol motifs (C(OH)–C–C–N with tert-alkyl or cyclic N) is 1. The van der Waals surface area contributed by atoms with E-state index >= 15 is 0 Å². The summed E-state index contributed by atoms with van der Waals surface area (Å²) < 4.78 is 40.2. The minimum atomic E-state index is -1.62. The first-order chi connectivity index (χ1) is 16.0. The molecule has 0 spiro atoms. The van der Waals surface area contributed by atoms with E-state index in [0.717, 1.165) is 44.1 Å². The Hall–Kier alpha value is -3.12. The van der Waals surface area contributed by atoms with Gasteiger partial charge < -0.3 is 25.1 Å². The Kier molecular flexibility index (Phi) is 7.14. The van der Waals surface area contributed by atoms with Crippen molar-refractivity contribution >= 4 is 23.4 Å². The Morgan fingerprint density at radius 1 is 0.848 bits per heavy atom. The summed E-state index contributed by atoms with van der Waals surface area (Å²) in [5.74, 6) is -2.85. The number of amides is 2. The average Bonchev–Trinajstić information content (AvgIpc) is 2.85. The van der Waals surface area contributed by atoms with Gasteiger partial charge in [-0.05, 0) is 24.3 Å². The summed E-state index contributed by atoms with van der Waals surface area (Å²) in [6, 6.07) is 5.00. The predicted octanol–water partition coefficient (Wildman–Crippen LogP) is 1.36. The zero-order valence-corrected chi connectivity index (χ0v) is 18.1. The summed E-state index contributed by atoms with van der Waals surface area (Å²) in [6.45, 7) is 5.92. The van der Waals surface area contributed by atoms with E-state index in [0.29, 0.717) is 38.5 Å². The number of nitrogens with one attached hydrogen (secondary N) is 1. The van der Waals surface area contributed by atoms with Gasteiger partial charge in [0.05, 0.1) is 12.3 Å². The van der Waals surface area contributed by atoms with E-state index in [9.17, 15) is 18.0 Å². The van der Waals surface area contributed by atoms with Gasteiger partial charge >= 0.3 is 6.03 Å². The molecule has 9 nitrogen and oxygen atoms in total. The van der Waals surface area contributed by atoms with Crippen LogP contribution in [0.4, 0.5) is 35.3 Å². The molecule has 2 amide bonds. The van der Waals surface area contributed by atoms with Crippen molar-refractivity contribution in [1.29, 1.82) is 0 Å². The highest BCUT2D eigenvalue weighted by atomic mass is 19.2. The Morgan fingerprint density at radius 2 is 1.42 bits per heavy atom. The Labute approximate surface area is 189 Å². The van der Waals surface area contributed by atoms with Crippen LogP contribution >= 0.6 is 0 Å². The molecule has 2 saturated heterocycles. The van der Waals surface area contributed by atoms with E-state index in [1.807, 2.05) is 17.0 Å². The van der Waals surface area contributed by atoms with Crippen LogP contribution in [0.1, 0.15) is 0 Å². The molecule has 2 fully saturated rings. The smallest absolute Gasteiger partial charge is 0.322 e. The zero-order valence-electron chi connectivity index (χ0n) is 18.1. The van der Waals surface area contributed by atoms with Crippen molar-refractivity contribution in [2.45, 2.75) is 0 Å². The van der Waals surface area contributed by atoms with Gasteiger partial charge in [0.1, 0.15) is 0 Å². The Balaban J connectivity index is 1.28. The lowest BCUT2D eigenvalue weighted by molar-refractivity contribution is 0.188. The van der Waals surface area contributed by atoms with Gasteiger partial charge in [0.2, 0.25) is 0 Å². The maximum Gasteiger partial charge on any atom is 0.322 e. The fourth-order valence-corrected chi connectivity index (χ4v) is 3.95. The van der Waals surface area contributed by atoms with Gasteiger partial charge in [-0.25, -0.2) is 18.0 Å². The first kappa shape index (κ1) is 23.1. The van der Waals surface area contributed by atoms with Gasteiger partial charge in [-0.15, -0.1) is 10.2 Å². The fraction of sp³-hybridized carbons (Fsp3) is 0.476. The van der Waals surface area contributed by atoms with E-state index in [4.69, 9.17) is 5.11 Å². The minimum Gasteiger partial charge on any atom is -0.395 e. The molecule has 0 bridgehead atoms. The van der Waals surface area contributed by atoms with Crippen LogP contribution in [0.15, 0.2) is 24.3 Å². The number of aliphatic hydroxyl groups is 1. The number of anilines is 3. The zero-order chi connectivity index (χ0) is 23.4. The summed E-state index contributed by atoms with van der Waals surface area (Å²) in [5.41, 5.74) is -0.403. The topological polar surface area (TPSA) is 88.1 Å². The molecule has 1 aromatic carbocycles. The number of hydrogen-bond acceptors (Lipinski definition) is 7. The molecule has 0 aliphatic carbocycles. The van der Waals surface area contributed by atoms with Crippen LogP contribution < -0.4 is 15.1 Å². The standard InChI is InChI=1S/C21H26F3N7O2/c22-15-1-2-16(20(24)19(15)23)25-21(33)31-11-9-30(10-12-31)18-4-3-17(26-27-18)29-7-5-28(6-8-29)13-14-32/h1-4,32H,5-14H2,(H,25,33). The van der Waals surface area contributed by atoms with Crippen molar-refractivity contribution in [3.05, 3.63) is 41.7 Å². The summed E-state index contributed by atoms with van der Waals surface area (Å²) in [5, 5.41) is 20.0. The summed E-state index contributed by atoms with van der Waals surface area (Å²) >= 11 is 0. The molecule has 178 valence electrons. The van der Waals surface area contributed by atoms with Crippen LogP contribution in [0.5, 0.6) is 0 Å². The molecular weight excluding hydrogens is 439 g/mol. The minimum absolute atomic E-state index is 0.158. The third-order valence-electron chi connectivity index (χ3n) is 5.92. The van der Waals surface area contributed by atoms with Crippen LogP contribution in [0, 0.1) is 17.5 Å². The van der Waals surface area contributed by atoms with Gasteiger partial charge in [-0.3, -0.25) is 4.90 Å². The molecule has 0 unspecified atom stereocenters. The lowest BCUT2D eigenvalue weighted by Gasteiger charge is -2.36. The summed E-state index contributed by atoms with van der Waals surface area (Å²) in [7, 11) is 0. The maximum atomic E-state index is 13.8. The van der Waals surface area contributed by atoms with E-state index in [1.165, 1.54) is 4.90 Å². The summed E-state index contributed by atoms with van der Waals surface area (Å²) in [6.07, 6.45) is 0. The molecule has 33 heavy (non-hydrogen) atoms. The van der Waals surface area contributed by atoms with Crippen LogP contribution in [-0.2, 0) is 0 Å². The molecule has 2 N–H and O–H groups in total. The maximum absolute atomic E-state index is 13.8. The molecule has 0 saturated carbocycles. The number of aromatic nitrogens is 2. The second kappa shape index (κ2) is 10.2. The lowest BCUT2D eigenvalue weighted by atomic mass is 10.2. The Bertz CT molecular complexity index is 963. The van der Waals surface area contributed by atoms with Gasteiger partial charge in [0.25, 0.3) is 0 Å². The molecule has 1 aromatic heterocycles. The molecular formula is C21H26F3N7O2. The van der Waals surface area contributed by atoms with Crippen LogP contribution in [-0.4, -0.2) is 96.6 Å². The van der Waals surface area contributed by atoms with E-state index in [-0.39, 0.29) is 6.61 Å². The molecule has 4 rings (SSSR count). The van der Waals surface area contributed by atoms with Crippen molar-refractivity contribution < 1.29 is 23.1 Å². The van der Waals surface area contributed by atoms with Crippen molar-refractivity contribution in [2.24, 2.45) is 0 Å². The second-order valence-corrected chi connectivity index (χ2v) is 7.93. The largest absolute Gasteiger partial charge is 0.395 e. The number of piperazine rings is 2. The van der Waals surface area contributed by atoms with Gasteiger partial charge in [0, 0.05) is 58.9 Å². The lowest BCUT2D eigenvalue weighted by Crippen LogP contribution is -2.50. The fourth-order valence-electron chi connectivity index (χ4n) is 3.95. The molecule has 0 atom stereocenters. The first-order valence-corrected chi connectivity index (χ1v) is 10.8. The monoisotopic (exact) mass is 465 g/mol. The molecule has 3 heterocycles. The molecule has 2 aliphatic rings. The van der Waals surface area contributed by atoms with Gasteiger partial charge in [-0.2, -0.15) is 0 Å². The number of nitrogens with zero attached hydrogens (tertiary/aromatic N) is 6. The normalized spacial score (nSPS) is 17.4. The number of hydrogen-bond donors (Lipinski definition) is 2. The predicted molar refractivity (Wildman–Crippen MR) is 117 cm³/mol. The van der Waals surface area contributed by atoms with Crippen molar-refractivity contribution in [2.75, 3.05) is 80.6 Å². The highest BCUT2D eigenvalue weighted by molar-refractivity contribution is 5.89. The Morgan fingerprint density at radius 3 is 1.97 bits per heavy atom. The number of carbonyl (C=O) groups excluding carboxylic acids is 1. The SMILES string of the molecule is O=C(Nc1ccc(F)c(F)c1F)N1CCN(c2ccc(N3CCN(CCO)CC3)nn2)CC1. The first-order valence-electron chi connectivity index (χ1n) is 10.8. The number of halogens is 3. The van der Waals surface area contributed by atoms with Gasteiger partial charge in [-0.1, -0.05) is 0 Å². The van der Waals surface area contributed by atoms with Crippen molar-refractivity contribution in [3.8, 4) is 0 Å². The highest BCUT2D eigenvalue weighted by Gasteiger charge is 2.24. The van der Waals surface area contributed by atoms with Crippen molar-refractivity contribution in [1.82, 2.24) is 20.0 Å². The molecule has 2 aliphatic heterocycles. The third kappa shape index (κ3) is 5.28. The number of rotatable bonds is 5. The number of carbonyl (C=O) groups is 1. The van der Waals surface area contributed by atoms with E-state index in [2.05, 4.69) is 25.3 Å². The molecule has 2 aromatic rings. The average molecular weight is 465 g/mol. The van der Waals surface area contributed by atoms with E-state index in [1.54, 1.807) is 0 Å². The molecule has 0 radical (unpaired) electrons. The van der Waals surface area contributed by atoms with Crippen LogP contribution in [0.3, 0.4) is 0 Å². The van der Waals surface area contributed by atoms with Crippen LogP contribution in [0.2, 0.25) is 0 Å². The van der Waals surface area contributed by atoms with E-state index < -0.39 is 29.2 Å². The quantitative estimate of drug-likeness (QED) is 0.645. The second-order valence-electron chi connectivity index (χ2n) is 7.93. The number of aliphatic hydroxyl groups excluding tert-OH is 1. The summed E-state index contributed by atoms with van der Waals surface area (Å²) in [4.78, 5) is 20.2. The highest BCUT2D eigenvalue weighted by Crippen LogP contribution is 2.21. The van der Waals surface area contributed by atoms with Crippen molar-refractivity contribution in [3.63, 3.8) is 0 Å². The van der Waals surface area contributed by atoms with Crippen LogP contribution in [0.25, 0.3) is 0 Å². The number of urea groups is 1. The number of benzene rings is 1. The third-order valence-corrected chi connectivity index (χ3v) is 5.92. The molecule has 12 heteroatoms. The van der Waals surface area contributed by atoms with Gasteiger partial charge in [0.15, 0.2) is 29.1 Å².